The van der Waals surface area contributed by atoms with Crippen molar-refractivity contribution in [2.24, 2.45) is 0 Å². The topological polar surface area (TPSA) is 101 Å². The second-order valence-corrected chi connectivity index (χ2v) is 6.58. The molecule has 28 heavy (non-hydrogen) atoms. The van der Waals surface area contributed by atoms with Gasteiger partial charge in [0.25, 0.3) is 5.69 Å². The summed E-state index contributed by atoms with van der Waals surface area (Å²) in [4.78, 5) is 36.5. The number of carbonyl (C=O) groups is 2. The third-order valence-electron chi connectivity index (χ3n) is 4.18. The number of nitro benzene ring substituents is 1. The molecule has 146 valence electrons. The summed E-state index contributed by atoms with van der Waals surface area (Å²) in [5, 5.41) is 20.5. The van der Waals surface area contributed by atoms with Crippen LogP contribution in [0.1, 0.15) is 24.0 Å². The Morgan fingerprint density at radius 3 is 2.43 bits per heavy atom. The fraction of sp³-hybridized carbons (Fsp3) is 0.238. The van der Waals surface area contributed by atoms with Crippen molar-refractivity contribution < 1.29 is 19.6 Å². The van der Waals surface area contributed by atoms with Crippen molar-refractivity contribution >= 4 is 29.0 Å². The highest BCUT2D eigenvalue weighted by Gasteiger charge is 2.14. The molecule has 7 nitrogen and oxygen atoms in total. The number of nitrogens with zero attached hydrogens (tertiary/aromatic N) is 2. The molecule has 0 aliphatic carbocycles. The van der Waals surface area contributed by atoms with Crippen LogP contribution in [0.25, 0.3) is 6.08 Å². The standard InChI is InChI=1S/C21H22N2O5/c1-22(2)17-8-6-16(21(13-17)23(27)28)7-12-20(26)14-19(25)11-5-15-3-9-18(24)10-4-15/h3-4,6-10,12-13,24H,5,11,14H2,1-2H3/b12-7+. The highest BCUT2D eigenvalue weighted by molar-refractivity contribution is 6.06. The largest absolute Gasteiger partial charge is 0.508 e. The fourth-order valence-corrected chi connectivity index (χ4v) is 2.58. The average Bonchev–Trinajstić information content (AvgIpc) is 2.65. The second kappa shape index (κ2) is 9.45. The number of rotatable bonds is 9. The molecule has 0 bridgehead atoms. The van der Waals surface area contributed by atoms with Crippen LogP contribution < -0.4 is 4.90 Å². The quantitative estimate of drug-likeness (QED) is 0.308. The third kappa shape index (κ3) is 6.05. The molecule has 7 heteroatoms. The minimum absolute atomic E-state index is 0.103. The van der Waals surface area contributed by atoms with Crippen molar-refractivity contribution in [2.75, 3.05) is 19.0 Å². The fourth-order valence-electron chi connectivity index (χ4n) is 2.58. The molecule has 0 aliphatic rings. The number of benzene rings is 2. The van der Waals surface area contributed by atoms with Crippen LogP contribution >= 0.6 is 0 Å². The first-order valence-electron chi connectivity index (χ1n) is 8.72. The van der Waals surface area contributed by atoms with E-state index in [-0.39, 0.29) is 30.1 Å². The van der Waals surface area contributed by atoms with Gasteiger partial charge in [0.15, 0.2) is 5.78 Å². The number of phenols is 1. The van der Waals surface area contributed by atoms with Crippen molar-refractivity contribution in [3.63, 3.8) is 0 Å². The van der Waals surface area contributed by atoms with E-state index in [2.05, 4.69) is 0 Å². The Kier molecular flexibility index (Phi) is 7.03. The predicted octanol–water partition coefficient (Wildman–Crippen LogP) is 3.54. The molecule has 0 saturated carbocycles. The van der Waals surface area contributed by atoms with Gasteiger partial charge in [-0.25, -0.2) is 0 Å². The summed E-state index contributed by atoms with van der Waals surface area (Å²) in [5.41, 5.74) is 1.78. The summed E-state index contributed by atoms with van der Waals surface area (Å²) in [6, 6.07) is 11.3. The van der Waals surface area contributed by atoms with Crippen molar-refractivity contribution in [2.45, 2.75) is 19.3 Å². The van der Waals surface area contributed by atoms with Gasteiger partial charge in [-0.15, -0.1) is 0 Å². The molecule has 0 aliphatic heterocycles. The van der Waals surface area contributed by atoms with Crippen molar-refractivity contribution in [3.8, 4) is 5.75 Å². The van der Waals surface area contributed by atoms with E-state index < -0.39 is 10.7 Å². The molecule has 1 N–H and O–H groups in total. The van der Waals surface area contributed by atoms with E-state index in [1.807, 2.05) is 0 Å². The molecule has 0 unspecified atom stereocenters. The van der Waals surface area contributed by atoms with E-state index in [1.165, 1.54) is 18.2 Å². The van der Waals surface area contributed by atoms with Gasteiger partial charge in [0.05, 0.1) is 16.9 Å². The van der Waals surface area contributed by atoms with Gasteiger partial charge in [-0.3, -0.25) is 19.7 Å². The van der Waals surface area contributed by atoms with Crippen LogP contribution in [0.2, 0.25) is 0 Å². The lowest BCUT2D eigenvalue weighted by atomic mass is 10.0. The molecule has 0 heterocycles. The molecule has 0 amide bonds. The van der Waals surface area contributed by atoms with E-state index in [4.69, 9.17) is 0 Å². The van der Waals surface area contributed by atoms with Gasteiger partial charge in [-0.2, -0.15) is 0 Å². The Balaban J connectivity index is 1.96. The number of Topliss-reactive ketones (excluding diaryl/α,β-unsaturated/α-hetero) is 1. The minimum atomic E-state index is -0.500. The van der Waals surface area contributed by atoms with Crippen LogP contribution in [-0.2, 0) is 16.0 Å². The summed E-state index contributed by atoms with van der Waals surface area (Å²) < 4.78 is 0. The van der Waals surface area contributed by atoms with Crippen LogP contribution in [0.4, 0.5) is 11.4 Å². The molecule has 2 aromatic rings. The number of phenolic OH excluding ortho intramolecular Hbond substituents is 1. The van der Waals surface area contributed by atoms with Gasteiger partial charge in [-0.1, -0.05) is 12.1 Å². The highest BCUT2D eigenvalue weighted by Crippen LogP contribution is 2.25. The maximum Gasteiger partial charge on any atom is 0.278 e. The Morgan fingerprint density at radius 1 is 1.14 bits per heavy atom. The van der Waals surface area contributed by atoms with Gasteiger partial charge in [0, 0.05) is 32.3 Å². The van der Waals surface area contributed by atoms with E-state index in [1.54, 1.807) is 55.4 Å². The lowest BCUT2D eigenvalue weighted by Crippen LogP contribution is -2.09. The molecule has 2 rings (SSSR count). The number of ketones is 2. The molecule has 0 spiro atoms. The molecule has 2 aromatic carbocycles. The van der Waals surface area contributed by atoms with Crippen molar-refractivity contribution in [3.05, 3.63) is 69.8 Å². The first-order valence-corrected chi connectivity index (χ1v) is 8.72. The smallest absolute Gasteiger partial charge is 0.278 e. The predicted molar refractivity (Wildman–Crippen MR) is 108 cm³/mol. The third-order valence-corrected chi connectivity index (χ3v) is 4.18. The number of nitro groups is 1. The summed E-state index contributed by atoms with van der Waals surface area (Å²) in [6.45, 7) is 0. The Labute approximate surface area is 163 Å². The number of carbonyl (C=O) groups excluding carboxylic acids is 2. The van der Waals surface area contributed by atoms with Gasteiger partial charge < -0.3 is 10.0 Å². The second-order valence-electron chi connectivity index (χ2n) is 6.58. The van der Waals surface area contributed by atoms with E-state index in [0.717, 1.165) is 5.56 Å². The number of anilines is 1. The van der Waals surface area contributed by atoms with Gasteiger partial charge in [-0.05, 0) is 48.4 Å². The van der Waals surface area contributed by atoms with Crippen LogP contribution in [0.3, 0.4) is 0 Å². The monoisotopic (exact) mass is 382 g/mol. The maximum absolute atomic E-state index is 12.0. The molecule has 0 atom stereocenters. The van der Waals surface area contributed by atoms with Crippen molar-refractivity contribution in [1.82, 2.24) is 0 Å². The van der Waals surface area contributed by atoms with Crippen LogP contribution in [0, 0.1) is 10.1 Å². The molecule has 0 aromatic heterocycles. The van der Waals surface area contributed by atoms with Crippen LogP contribution in [0.5, 0.6) is 5.75 Å². The molecular weight excluding hydrogens is 360 g/mol. The zero-order valence-electron chi connectivity index (χ0n) is 15.8. The molecule has 0 saturated heterocycles. The number of aromatic hydroxyl groups is 1. The summed E-state index contributed by atoms with van der Waals surface area (Å²) in [5.74, 6) is -0.454. The molecular formula is C21H22N2O5. The number of aryl methyl sites for hydroxylation is 1. The number of hydrogen-bond acceptors (Lipinski definition) is 6. The van der Waals surface area contributed by atoms with Crippen LogP contribution in [0.15, 0.2) is 48.5 Å². The number of hydrogen-bond donors (Lipinski definition) is 1. The lowest BCUT2D eigenvalue weighted by molar-refractivity contribution is -0.385. The van der Waals surface area contributed by atoms with Gasteiger partial charge >= 0.3 is 0 Å². The normalized spacial score (nSPS) is 10.8. The summed E-state index contributed by atoms with van der Waals surface area (Å²) in [7, 11) is 3.56. The Morgan fingerprint density at radius 2 is 1.82 bits per heavy atom. The van der Waals surface area contributed by atoms with Gasteiger partial charge in [0.1, 0.15) is 11.5 Å². The zero-order chi connectivity index (χ0) is 20.7. The minimum Gasteiger partial charge on any atom is -0.508 e. The summed E-state index contributed by atoms with van der Waals surface area (Å²) in [6.07, 6.45) is 3.01. The molecule has 0 radical (unpaired) electrons. The first kappa shape index (κ1) is 20.8. The van der Waals surface area contributed by atoms with Gasteiger partial charge in [0.2, 0.25) is 0 Å². The van der Waals surface area contributed by atoms with Crippen molar-refractivity contribution in [1.29, 1.82) is 0 Å². The average molecular weight is 382 g/mol. The Hall–Kier alpha value is -3.48. The van der Waals surface area contributed by atoms with E-state index in [0.29, 0.717) is 17.7 Å². The molecule has 0 fully saturated rings. The van der Waals surface area contributed by atoms with E-state index in [9.17, 15) is 24.8 Å². The lowest BCUT2D eigenvalue weighted by Gasteiger charge is -2.12. The first-order chi connectivity index (χ1) is 13.3. The highest BCUT2D eigenvalue weighted by atomic mass is 16.6. The maximum atomic E-state index is 12.0. The van der Waals surface area contributed by atoms with E-state index >= 15 is 0 Å². The Bertz CT molecular complexity index is 902. The SMILES string of the molecule is CN(C)c1ccc(/C=C/C(=O)CC(=O)CCc2ccc(O)cc2)c([N+](=O)[O-])c1. The summed E-state index contributed by atoms with van der Waals surface area (Å²) >= 11 is 0. The van der Waals surface area contributed by atoms with Crippen LogP contribution in [-0.4, -0.2) is 35.7 Å². The zero-order valence-corrected chi connectivity index (χ0v) is 15.8. The number of allylic oxidation sites excluding steroid dienone is 1.